The molecule has 0 saturated carbocycles. The van der Waals surface area contributed by atoms with E-state index in [1.54, 1.807) is 0 Å². The molecule has 58 heavy (non-hydrogen) atoms. The van der Waals surface area contributed by atoms with Gasteiger partial charge in [-0.25, -0.2) is 0 Å². The third kappa shape index (κ3) is 4.85. The van der Waals surface area contributed by atoms with Gasteiger partial charge in [0.25, 0.3) is 0 Å². The number of rotatable bonds is 4. The van der Waals surface area contributed by atoms with Gasteiger partial charge in [0.15, 0.2) is 0 Å². The molecule has 0 atom stereocenters. The maximum Gasteiger partial charge on any atom is 0.135 e. The highest BCUT2D eigenvalue weighted by molar-refractivity contribution is 6.09. The van der Waals surface area contributed by atoms with Crippen molar-refractivity contribution in [1.29, 1.82) is 0 Å². The first-order chi connectivity index (χ1) is 28.7. The number of fused-ring (bicyclic) bond motifs is 12. The summed E-state index contributed by atoms with van der Waals surface area (Å²) in [5.74, 6) is 0. The van der Waals surface area contributed by atoms with Crippen LogP contribution in [0.25, 0.3) is 111 Å². The molecule has 11 aromatic rings. The van der Waals surface area contributed by atoms with E-state index in [1.165, 1.54) is 89.0 Å². The molecular weight excluding hydrogens is 705 g/mol. The van der Waals surface area contributed by atoms with Crippen LogP contribution in [0.1, 0.15) is 22.3 Å². The first-order valence-electron chi connectivity index (χ1n) is 20.1. The van der Waals surface area contributed by atoms with Crippen LogP contribution in [0.4, 0.5) is 0 Å². The molecule has 0 N–H and O–H groups in total. The van der Waals surface area contributed by atoms with Crippen molar-refractivity contribution >= 4 is 43.9 Å². The average molecular weight is 739 g/mol. The Morgan fingerprint density at radius 2 is 0.569 bits per heavy atom. The van der Waals surface area contributed by atoms with E-state index in [2.05, 4.69) is 182 Å². The second kappa shape index (κ2) is 12.0. The summed E-state index contributed by atoms with van der Waals surface area (Å²) in [7, 11) is 0. The van der Waals surface area contributed by atoms with Crippen molar-refractivity contribution in [2.45, 2.75) is 12.8 Å². The number of hydrogen-bond acceptors (Lipinski definition) is 2. The largest absolute Gasteiger partial charge is 0.456 e. The molecule has 0 fully saturated rings. The van der Waals surface area contributed by atoms with Gasteiger partial charge >= 0.3 is 0 Å². The molecule has 0 saturated heterocycles. The summed E-state index contributed by atoms with van der Waals surface area (Å²) < 4.78 is 12.6. The van der Waals surface area contributed by atoms with E-state index in [0.717, 1.165) is 56.7 Å². The standard InChI is InChI=1S/C56H34O2/c1-3-7-33(8-4-1)37-13-19-53-49(28-37)51-30-39(15-21-55(51)57-53)35-11-17-45-41(23-35)25-43-27-44-26-42-24-36(12-18-46(42)48(44)32-47(43)45)40-16-22-56-52(31-40)50-29-38(14-20-54(50)58-56)34-9-5-2-6-10-34/h1-24,27-32H,25-26H2. The Hall–Kier alpha value is -7.42. The van der Waals surface area contributed by atoms with E-state index < -0.39 is 0 Å². The lowest BCUT2D eigenvalue weighted by atomic mass is 9.95. The van der Waals surface area contributed by atoms with Crippen LogP contribution in [0.2, 0.25) is 0 Å². The molecule has 2 aromatic heterocycles. The third-order valence-electron chi connectivity index (χ3n) is 12.7. The van der Waals surface area contributed by atoms with Crippen LogP contribution in [0, 0.1) is 0 Å². The zero-order valence-electron chi connectivity index (χ0n) is 31.6. The Labute approximate surface area is 335 Å². The molecule has 0 unspecified atom stereocenters. The monoisotopic (exact) mass is 738 g/mol. The maximum atomic E-state index is 6.28. The minimum Gasteiger partial charge on any atom is -0.456 e. The van der Waals surface area contributed by atoms with Crippen molar-refractivity contribution in [2.75, 3.05) is 0 Å². The van der Waals surface area contributed by atoms with E-state index in [0.29, 0.717) is 0 Å². The van der Waals surface area contributed by atoms with Crippen LogP contribution in [-0.4, -0.2) is 0 Å². The van der Waals surface area contributed by atoms with Crippen molar-refractivity contribution < 1.29 is 8.83 Å². The van der Waals surface area contributed by atoms with Gasteiger partial charge in [0.05, 0.1) is 0 Å². The lowest BCUT2D eigenvalue weighted by molar-refractivity contribution is 0.668. The number of furan rings is 2. The zero-order chi connectivity index (χ0) is 37.9. The van der Waals surface area contributed by atoms with Crippen LogP contribution in [0.5, 0.6) is 0 Å². The highest BCUT2D eigenvalue weighted by atomic mass is 16.3. The SMILES string of the molecule is c1ccc(-c2ccc3oc4ccc(-c5ccc6c(c5)Cc5cc7c(cc5-6)-c5ccc(-c6ccc8oc9ccc(-c%10ccccc%10)cc9c8c6)cc5C7)cc4c3c2)cc1. The lowest BCUT2D eigenvalue weighted by Gasteiger charge is -2.09. The molecule has 2 aliphatic carbocycles. The van der Waals surface area contributed by atoms with Gasteiger partial charge < -0.3 is 8.83 Å². The highest BCUT2D eigenvalue weighted by Crippen LogP contribution is 2.47. The van der Waals surface area contributed by atoms with Crippen molar-refractivity contribution in [3.8, 4) is 66.8 Å². The summed E-state index contributed by atoms with van der Waals surface area (Å²) >= 11 is 0. The number of hydrogen-bond donors (Lipinski definition) is 0. The Morgan fingerprint density at radius 1 is 0.241 bits per heavy atom. The lowest BCUT2D eigenvalue weighted by Crippen LogP contribution is -1.86. The van der Waals surface area contributed by atoms with E-state index in [9.17, 15) is 0 Å². The normalized spacial score (nSPS) is 12.7. The van der Waals surface area contributed by atoms with E-state index in [4.69, 9.17) is 8.83 Å². The van der Waals surface area contributed by atoms with Gasteiger partial charge in [-0.15, -0.1) is 0 Å². The summed E-state index contributed by atoms with van der Waals surface area (Å²) in [4.78, 5) is 0. The summed E-state index contributed by atoms with van der Waals surface area (Å²) in [6.45, 7) is 0. The fourth-order valence-corrected chi connectivity index (χ4v) is 9.80. The van der Waals surface area contributed by atoms with E-state index in [-0.39, 0.29) is 0 Å². The minimum atomic E-state index is 0.921. The Kier molecular flexibility index (Phi) is 6.59. The van der Waals surface area contributed by atoms with E-state index in [1.807, 2.05) is 0 Å². The Bertz CT molecular complexity index is 3260. The first-order valence-corrected chi connectivity index (χ1v) is 20.1. The van der Waals surface area contributed by atoms with Crippen LogP contribution >= 0.6 is 0 Å². The van der Waals surface area contributed by atoms with Gasteiger partial charge in [0.2, 0.25) is 0 Å². The van der Waals surface area contributed by atoms with Gasteiger partial charge in [0.1, 0.15) is 22.3 Å². The van der Waals surface area contributed by atoms with Crippen LogP contribution in [0.3, 0.4) is 0 Å². The molecule has 0 radical (unpaired) electrons. The fraction of sp³-hybridized carbons (Fsp3) is 0.0357. The smallest absolute Gasteiger partial charge is 0.135 e. The molecule has 2 heteroatoms. The van der Waals surface area contributed by atoms with Gasteiger partial charge in [-0.1, -0.05) is 127 Å². The molecule has 2 nitrogen and oxygen atoms in total. The molecule has 2 aliphatic rings. The van der Waals surface area contributed by atoms with Crippen LogP contribution in [-0.2, 0) is 12.8 Å². The Balaban J connectivity index is 0.817. The molecule has 13 rings (SSSR count). The number of benzene rings is 9. The summed E-state index contributed by atoms with van der Waals surface area (Å²) in [5.41, 5.74) is 24.5. The third-order valence-corrected chi connectivity index (χ3v) is 12.7. The zero-order valence-corrected chi connectivity index (χ0v) is 31.6. The topological polar surface area (TPSA) is 26.3 Å². The first kappa shape index (κ1) is 31.7. The van der Waals surface area contributed by atoms with Gasteiger partial charge in [-0.3, -0.25) is 0 Å². The van der Waals surface area contributed by atoms with Crippen molar-refractivity contribution in [1.82, 2.24) is 0 Å². The summed E-state index contributed by atoms with van der Waals surface area (Å²) in [6.07, 6.45) is 1.91. The fourth-order valence-electron chi connectivity index (χ4n) is 9.80. The van der Waals surface area contributed by atoms with Crippen molar-refractivity contribution in [3.63, 3.8) is 0 Å². The average Bonchev–Trinajstić information content (AvgIpc) is 4.04. The molecule has 0 amide bonds. The summed E-state index contributed by atoms with van der Waals surface area (Å²) in [6, 6.07) is 66.4. The van der Waals surface area contributed by atoms with Crippen molar-refractivity contribution in [3.05, 3.63) is 204 Å². The van der Waals surface area contributed by atoms with Crippen molar-refractivity contribution in [2.24, 2.45) is 0 Å². The maximum absolute atomic E-state index is 6.28. The minimum absolute atomic E-state index is 0.921. The van der Waals surface area contributed by atoms with Crippen LogP contribution in [0.15, 0.2) is 191 Å². The molecule has 270 valence electrons. The van der Waals surface area contributed by atoms with Crippen LogP contribution < -0.4 is 0 Å². The quantitative estimate of drug-likeness (QED) is 0.180. The predicted octanol–water partition coefficient (Wildman–Crippen LogP) is 15.3. The summed E-state index contributed by atoms with van der Waals surface area (Å²) in [5, 5.41) is 4.61. The molecule has 0 bridgehead atoms. The highest BCUT2D eigenvalue weighted by Gasteiger charge is 2.26. The molecule has 2 heterocycles. The van der Waals surface area contributed by atoms with E-state index >= 15 is 0 Å². The van der Waals surface area contributed by atoms with Gasteiger partial charge in [-0.05, 0) is 156 Å². The second-order valence-electron chi connectivity index (χ2n) is 16.0. The molecular formula is C56H34O2. The van der Waals surface area contributed by atoms with Gasteiger partial charge in [-0.2, -0.15) is 0 Å². The predicted molar refractivity (Wildman–Crippen MR) is 239 cm³/mol. The Morgan fingerprint density at radius 3 is 0.966 bits per heavy atom. The second-order valence-corrected chi connectivity index (χ2v) is 16.0. The molecule has 0 spiro atoms. The van der Waals surface area contributed by atoms with Gasteiger partial charge in [0, 0.05) is 21.5 Å². The molecule has 0 aliphatic heterocycles. The molecule has 9 aromatic carbocycles.